The van der Waals surface area contributed by atoms with Gasteiger partial charge in [0.2, 0.25) is 5.91 Å². The molecule has 2 fully saturated rings. The van der Waals surface area contributed by atoms with Crippen LogP contribution in [0.3, 0.4) is 0 Å². The number of nitrogens with zero attached hydrogens (tertiary/aromatic N) is 1. The molecule has 0 spiro atoms. The van der Waals surface area contributed by atoms with E-state index in [9.17, 15) is 14.4 Å². The molecule has 9 heteroatoms. The number of ether oxygens (including phenoxy) is 2. The largest absolute Gasteiger partial charge is 0.496 e. The molecule has 2 bridgehead atoms. The molecule has 1 aromatic rings. The summed E-state index contributed by atoms with van der Waals surface area (Å²) in [6.45, 7) is 2.43. The van der Waals surface area contributed by atoms with Crippen molar-refractivity contribution in [2.45, 2.75) is 82.8 Å². The lowest BCUT2D eigenvalue weighted by molar-refractivity contribution is -0.140. The van der Waals surface area contributed by atoms with Crippen LogP contribution in [0, 0.1) is 0 Å². The van der Waals surface area contributed by atoms with Gasteiger partial charge < -0.3 is 20.1 Å². The summed E-state index contributed by atoms with van der Waals surface area (Å²) in [5.41, 5.74) is 0.775. The van der Waals surface area contributed by atoms with E-state index in [1.54, 1.807) is 12.1 Å². The fourth-order valence-electron chi connectivity index (χ4n) is 5.25. The second kappa shape index (κ2) is 12.4. The van der Waals surface area contributed by atoms with E-state index in [4.69, 9.17) is 21.1 Å². The topological polar surface area (TPSA) is 97.0 Å². The summed E-state index contributed by atoms with van der Waals surface area (Å²) >= 11 is 6.30. The van der Waals surface area contributed by atoms with Gasteiger partial charge in [-0.25, -0.2) is 0 Å². The molecule has 2 saturated heterocycles. The summed E-state index contributed by atoms with van der Waals surface area (Å²) in [5, 5.41) is 6.14. The molecular weight excluding hydrogens is 458 g/mol. The number of piperidine rings is 2. The molecule has 2 aliphatic rings. The Bertz CT molecular complexity index is 880. The molecule has 2 heterocycles. The van der Waals surface area contributed by atoms with Gasteiger partial charge in [0.1, 0.15) is 5.75 Å². The predicted octanol–water partition coefficient (Wildman–Crippen LogP) is 4.16. The van der Waals surface area contributed by atoms with Crippen molar-refractivity contribution in [3.8, 4) is 5.75 Å². The molecule has 2 aliphatic heterocycles. The zero-order valence-corrected chi connectivity index (χ0v) is 21.1. The van der Waals surface area contributed by atoms with E-state index in [1.165, 1.54) is 27.6 Å². The normalized spacial score (nSPS) is 22.1. The van der Waals surface area contributed by atoms with Crippen LogP contribution < -0.4 is 15.4 Å². The molecule has 2 amide bonds. The summed E-state index contributed by atoms with van der Waals surface area (Å²) in [7, 11) is 2.92. The number of carbonyl (C=O) groups is 3. The maximum atomic E-state index is 13.1. The van der Waals surface area contributed by atoms with Crippen molar-refractivity contribution in [2.75, 3.05) is 26.1 Å². The van der Waals surface area contributed by atoms with Crippen LogP contribution in [0.4, 0.5) is 5.69 Å². The fourth-order valence-corrected chi connectivity index (χ4v) is 5.46. The number of methoxy groups -OCH3 is 2. The molecule has 8 nitrogen and oxygen atoms in total. The van der Waals surface area contributed by atoms with E-state index in [0.717, 1.165) is 51.5 Å². The number of esters is 1. The highest BCUT2D eigenvalue weighted by Gasteiger charge is 2.38. The zero-order valence-electron chi connectivity index (χ0n) is 20.3. The van der Waals surface area contributed by atoms with Gasteiger partial charge in [-0.3, -0.25) is 19.3 Å². The first-order valence-electron chi connectivity index (χ1n) is 12.1. The minimum atomic E-state index is -0.247. The highest BCUT2D eigenvalue weighted by Crippen LogP contribution is 2.35. The van der Waals surface area contributed by atoms with Crippen molar-refractivity contribution in [1.82, 2.24) is 10.2 Å². The zero-order chi connectivity index (χ0) is 24.7. The van der Waals surface area contributed by atoms with Crippen LogP contribution in [0.15, 0.2) is 12.1 Å². The van der Waals surface area contributed by atoms with Crippen molar-refractivity contribution >= 4 is 35.1 Å². The molecule has 0 radical (unpaired) electrons. The molecule has 3 rings (SSSR count). The van der Waals surface area contributed by atoms with Gasteiger partial charge in [-0.1, -0.05) is 24.4 Å². The number of benzene rings is 1. The number of halogens is 1. The molecule has 2 unspecified atom stereocenters. The number of rotatable bonds is 10. The van der Waals surface area contributed by atoms with E-state index in [2.05, 4.69) is 15.5 Å². The summed E-state index contributed by atoms with van der Waals surface area (Å²) in [5.74, 6) is -0.235. The van der Waals surface area contributed by atoms with Crippen molar-refractivity contribution < 1.29 is 23.9 Å². The van der Waals surface area contributed by atoms with Crippen LogP contribution in [0.25, 0.3) is 0 Å². The molecule has 1 aromatic carbocycles. The monoisotopic (exact) mass is 493 g/mol. The first kappa shape index (κ1) is 26.3. The lowest BCUT2D eigenvalue weighted by Crippen LogP contribution is -2.57. The molecule has 34 heavy (non-hydrogen) atoms. The van der Waals surface area contributed by atoms with Crippen molar-refractivity contribution in [3.63, 3.8) is 0 Å². The molecular formula is C25H36ClN3O5. The second-order valence-electron chi connectivity index (χ2n) is 9.22. The van der Waals surface area contributed by atoms with Crippen molar-refractivity contribution in [1.29, 1.82) is 0 Å². The average Bonchev–Trinajstić information content (AvgIpc) is 2.79. The standard InChI is InChI=1S/C25H36ClN3O5/c1-16(30)27-22-15-23(33-2)20(14-21(22)26)25(32)28-17-12-18-8-7-9-19(13-17)29(18)11-6-4-5-10-24(31)34-3/h14-15,17-19H,4-13H2,1-3H3,(H,27,30)(H,28,32). The van der Waals surface area contributed by atoms with Gasteiger partial charge >= 0.3 is 5.97 Å². The first-order chi connectivity index (χ1) is 16.3. The van der Waals surface area contributed by atoms with Crippen LogP contribution in [-0.4, -0.2) is 61.6 Å². The Morgan fingerprint density at radius 3 is 2.41 bits per heavy atom. The van der Waals surface area contributed by atoms with Gasteiger partial charge in [0, 0.05) is 37.5 Å². The first-order valence-corrected chi connectivity index (χ1v) is 12.5. The predicted molar refractivity (Wildman–Crippen MR) is 131 cm³/mol. The Labute approximate surface area is 206 Å². The molecule has 0 aromatic heterocycles. The number of hydrogen-bond acceptors (Lipinski definition) is 6. The minimum Gasteiger partial charge on any atom is -0.496 e. The van der Waals surface area contributed by atoms with E-state index < -0.39 is 0 Å². The third-order valence-corrected chi connectivity index (χ3v) is 7.14. The Balaban J connectivity index is 1.57. The SMILES string of the molecule is COC(=O)CCCCCN1C2CCCC1CC(NC(=O)c1cc(Cl)c(NC(C)=O)cc1OC)C2. The van der Waals surface area contributed by atoms with Crippen molar-refractivity contribution in [2.24, 2.45) is 0 Å². The highest BCUT2D eigenvalue weighted by molar-refractivity contribution is 6.34. The smallest absolute Gasteiger partial charge is 0.305 e. The van der Waals surface area contributed by atoms with Crippen LogP contribution in [0.2, 0.25) is 5.02 Å². The Kier molecular flexibility index (Phi) is 9.59. The highest BCUT2D eigenvalue weighted by atomic mass is 35.5. The number of unbranched alkanes of at least 4 members (excludes halogenated alkanes) is 2. The molecule has 0 saturated carbocycles. The van der Waals surface area contributed by atoms with E-state index in [-0.39, 0.29) is 23.8 Å². The lowest BCUT2D eigenvalue weighted by Gasteiger charge is -2.49. The minimum absolute atomic E-state index is 0.0943. The number of carbonyl (C=O) groups excluding carboxylic acids is 3. The number of fused-ring (bicyclic) bond motifs is 2. The third-order valence-electron chi connectivity index (χ3n) is 6.83. The van der Waals surface area contributed by atoms with Gasteiger partial charge in [0.15, 0.2) is 0 Å². The fraction of sp³-hybridized carbons (Fsp3) is 0.640. The summed E-state index contributed by atoms with van der Waals surface area (Å²) in [6.07, 6.45) is 8.78. The second-order valence-corrected chi connectivity index (χ2v) is 9.63. The van der Waals surface area contributed by atoms with Gasteiger partial charge in [0.05, 0.1) is 30.5 Å². The van der Waals surface area contributed by atoms with Gasteiger partial charge in [-0.15, -0.1) is 0 Å². The maximum absolute atomic E-state index is 13.1. The number of hydrogen-bond donors (Lipinski definition) is 2. The van der Waals surface area contributed by atoms with Gasteiger partial charge in [-0.05, 0) is 51.1 Å². The molecule has 2 atom stereocenters. The summed E-state index contributed by atoms with van der Waals surface area (Å²) < 4.78 is 10.1. The van der Waals surface area contributed by atoms with Crippen molar-refractivity contribution in [3.05, 3.63) is 22.7 Å². The maximum Gasteiger partial charge on any atom is 0.305 e. The van der Waals surface area contributed by atoms with Gasteiger partial charge in [0.25, 0.3) is 5.91 Å². The summed E-state index contributed by atoms with van der Waals surface area (Å²) in [6, 6.07) is 4.15. The molecule has 188 valence electrons. The molecule has 2 N–H and O–H groups in total. The number of amides is 2. The van der Waals surface area contributed by atoms with Crippen LogP contribution >= 0.6 is 11.6 Å². The molecule has 0 aliphatic carbocycles. The van der Waals surface area contributed by atoms with Crippen LogP contribution in [-0.2, 0) is 14.3 Å². The Hall–Kier alpha value is -2.32. The average molecular weight is 494 g/mol. The van der Waals surface area contributed by atoms with Gasteiger partial charge in [-0.2, -0.15) is 0 Å². The van der Waals surface area contributed by atoms with E-state index in [1.807, 2.05) is 0 Å². The lowest BCUT2D eigenvalue weighted by atomic mass is 9.81. The number of nitrogens with one attached hydrogen (secondary N) is 2. The van der Waals surface area contributed by atoms with Crippen LogP contribution in [0.1, 0.15) is 75.1 Å². The Morgan fingerprint density at radius 1 is 1.09 bits per heavy atom. The number of anilines is 1. The van der Waals surface area contributed by atoms with E-state index >= 15 is 0 Å². The Morgan fingerprint density at radius 2 is 1.79 bits per heavy atom. The van der Waals surface area contributed by atoms with Crippen LogP contribution in [0.5, 0.6) is 5.75 Å². The van der Waals surface area contributed by atoms with E-state index in [0.29, 0.717) is 40.5 Å². The quantitative estimate of drug-likeness (QED) is 0.375. The summed E-state index contributed by atoms with van der Waals surface area (Å²) in [4.78, 5) is 38.4. The third kappa shape index (κ3) is 6.85.